The molecule has 0 amide bonds. The Morgan fingerprint density at radius 1 is 0.242 bits per heavy atom. The molecular weight excluding hydrogens is 797 g/mol. The smallest absolute Gasteiger partial charge is 0.0541 e. The molecule has 12 rings (SSSR count). The van der Waals surface area contributed by atoms with Crippen molar-refractivity contribution in [3.05, 3.63) is 267 Å². The van der Waals surface area contributed by atoms with Crippen molar-refractivity contribution in [1.29, 1.82) is 0 Å². The number of aromatic nitrogens is 1. The lowest BCUT2D eigenvalue weighted by Crippen LogP contribution is -2.10. The minimum absolute atomic E-state index is 1.08. The molecule has 1 aromatic heterocycles. The number of hydrogen-bond acceptors (Lipinski definition) is 1. The summed E-state index contributed by atoms with van der Waals surface area (Å²) in [6.07, 6.45) is 0. The Kier molecular flexibility index (Phi) is 9.89. The number of benzene rings is 11. The van der Waals surface area contributed by atoms with Gasteiger partial charge in [-0.05, 0) is 122 Å². The van der Waals surface area contributed by atoms with Gasteiger partial charge in [0.2, 0.25) is 0 Å². The van der Waals surface area contributed by atoms with Gasteiger partial charge in [-0.25, -0.2) is 0 Å². The van der Waals surface area contributed by atoms with E-state index in [9.17, 15) is 0 Å². The first-order valence-electron chi connectivity index (χ1n) is 22.7. The summed E-state index contributed by atoms with van der Waals surface area (Å²) in [5, 5.41) is 5.02. The van der Waals surface area contributed by atoms with Gasteiger partial charge in [-0.1, -0.05) is 206 Å². The number of nitrogens with zero attached hydrogens (tertiary/aromatic N) is 2. The quantitative estimate of drug-likeness (QED) is 0.141. The van der Waals surface area contributed by atoms with Crippen LogP contribution in [-0.2, 0) is 0 Å². The van der Waals surface area contributed by atoms with Crippen LogP contribution in [0.2, 0.25) is 0 Å². The first kappa shape index (κ1) is 38.9. The maximum absolute atomic E-state index is 2.41. The van der Waals surface area contributed by atoms with Gasteiger partial charge >= 0.3 is 0 Å². The molecule has 0 aliphatic heterocycles. The Morgan fingerprint density at radius 3 is 1.26 bits per heavy atom. The van der Waals surface area contributed by atoms with Crippen LogP contribution in [0.3, 0.4) is 0 Å². The molecule has 0 saturated heterocycles. The maximum atomic E-state index is 2.41. The zero-order chi connectivity index (χ0) is 43.8. The molecule has 0 fully saturated rings. The highest BCUT2D eigenvalue weighted by Crippen LogP contribution is 2.42. The van der Waals surface area contributed by atoms with E-state index in [1.165, 1.54) is 88.3 Å². The number of hydrogen-bond donors (Lipinski definition) is 0. The van der Waals surface area contributed by atoms with Crippen LogP contribution in [0, 0.1) is 0 Å². The third-order valence-corrected chi connectivity index (χ3v) is 13.0. The SMILES string of the molecule is c1ccc(-c2cc(-c3ccccc3)cc(N(c3ccc(-c4ccc(-c5ccccc5-n5c6ccccc6c6ccccc65)cc4)cc3)c3ccc(-c4cccc5ccccc45)cc3)c2)cc1. The predicted molar refractivity (Wildman–Crippen MR) is 280 cm³/mol. The lowest BCUT2D eigenvalue weighted by Gasteiger charge is -2.27. The van der Waals surface area contributed by atoms with Gasteiger partial charge in [0.15, 0.2) is 0 Å². The average Bonchev–Trinajstić information content (AvgIpc) is 3.74. The van der Waals surface area contributed by atoms with Crippen molar-refractivity contribution in [1.82, 2.24) is 4.57 Å². The number of para-hydroxylation sites is 3. The topological polar surface area (TPSA) is 8.17 Å². The van der Waals surface area contributed by atoms with E-state index in [2.05, 4.69) is 276 Å². The van der Waals surface area contributed by atoms with E-state index in [0.717, 1.165) is 22.6 Å². The molecular formula is C64H44N2. The molecule has 2 nitrogen and oxygen atoms in total. The van der Waals surface area contributed by atoms with Gasteiger partial charge in [0.25, 0.3) is 0 Å². The number of rotatable bonds is 9. The van der Waals surface area contributed by atoms with Gasteiger partial charge in [0.1, 0.15) is 0 Å². The fourth-order valence-electron chi connectivity index (χ4n) is 9.79. The van der Waals surface area contributed by atoms with Crippen molar-refractivity contribution in [2.75, 3.05) is 4.90 Å². The molecule has 0 saturated carbocycles. The summed E-state index contributed by atoms with van der Waals surface area (Å²) in [7, 11) is 0. The van der Waals surface area contributed by atoms with Crippen LogP contribution in [-0.4, -0.2) is 4.57 Å². The van der Waals surface area contributed by atoms with Crippen LogP contribution in [0.15, 0.2) is 267 Å². The molecule has 0 radical (unpaired) electrons. The summed E-state index contributed by atoms with van der Waals surface area (Å²) >= 11 is 0. The monoisotopic (exact) mass is 840 g/mol. The normalized spacial score (nSPS) is 11.3. The molecule has 0 aliphatic carbocycles. The highest BCUT2D eigenvalue weighted by molar-refractivity contribution is 6.09. The van der Waals surface area contributed by atoms with E-state index in [1.807, 2.05) is 0 Å². The first-order chi connectivity index (χ1) is 32.7. The largest absolute Gasteiger partial charge is 0.310 e. The van der Waals surface area contributed by atoms with Crippen molar-refractivity contribution in [3.63, 3.8) is 0 Å². The van der Waals surface area contributed by atoms with Gasteiger partial charge in [0, 0.05) is 33.4 Å². The second-order valence-corrected chi connectivity index (χ2v) is 16.9. The van der Waals surface area contributed by atoms with Crippen LogP contribution < -0.4 is 4.90 Å². The Hall–Kier alpha value is -8.72. The average molecular weight is 841 g/mol. The summed E-state index contributed by atoms with van der Waals surface area (Å²) in [6.45, 7) is 0. The summed E-state index contributed by atoms with van der Waals surface area (Å²) in [6, 6.07) is 96.8. The number of fused-ring (bicyclic) bond motifs is 4. The third kappa shape index (κ3) is 7.12. The van der Waals surface area contributed by atoms with Crippen molar-refractivity contribution >= 4 is 49.6 Å². The first-order valence-corrected chi connectivity index (χ1v) is 22.7. The molecule has 0 spiro atoms. The van der Waals surface area contributed by atoms with Crippen molar-refractivity contribution in [2.45, 2.75) is 0 Å². The Balaban J connectivity index is 0.933. The molecule has 0 unspecified atom stereocenters. The lowest BCUT2D eigenvalue weighted by atomic mass is 9.96. The van der Waals surface area contributed by atoms with Gasteiger partial charge in [-0.15, -0.1) is 0 Å². The van der Waals surface area contributed by atoms with E-state index in [1.54, 1.807) is 0 Å². The van der Waals surface area contributed by atoms with E-state index in [-0.39, 0.29) is 0 Å². The molecule has 310 valence electrons. The maximum Gasteiger partial charge on any atom is 0.0541 e. The van der Waals surface area contributed by atoms with Gasteiger partial charge < -0.3 is 9.47 Å². The minimum atomic E-state index is 1.08. The summed E-state index contributed by atoms with van der Waals surface area (Å²) in [5.41, 5.74) is 18.7. The zero-order valence-corrected chi connectivity index (χ0v) is 36.3. The van der Waals surface area contributed by atoms with Gasteiger partial charge in [-0.3, -0.25) is 0 Å². The van der Waals surface area contributed by atoms with Crippen LogP contribution >= 0.6 is 0 Å². The van der Waals surface area contributed by atoms with E-state index in [0.29, 0.717) is 0 Å². The summed E-state index contributed by atoms with van der Waals surface area (Å²) in [4.78, 5) is 2.39. The predicted octanol–water partition coefficient (Wildman–Crippen LogP) is 17.7. The highest BCUT2D eigenvalue weighted by Gasteiger charge is 2.18. The molecule has 0 atom stereocenters. The Morgan fingerprint density at radius 2 is 0.652 bits per heavy atom. The van der Waals surface area contributed by atoms with Gasteiger partial charge in [-0.2, -0.15) is 0 Å². The van der Waals surface area contributed by atoms with Crippen molar-refractivity contribution < 1.29 is 0 Å². The standard InChI is InChI=1S/C64H44N2/c1-3-16-45(17-4-1)52-42-53(46-18-5-2-6-19-46)44-56(43-52)65(55-40-36-50(37-41-55)58-26-15-21-49-20-7-8-22-57(49)58)54-38-34-48(35-39-54)47-30-32-51(33-31-47)59-23-9-12-27-62(59)66-63-28-13-10-24-60(63)61-25-11-14-29-64(61)66/h1-44H. The second kappa shape index (κ2) is 16.8. The molecule has 11 aromatic carbocycles. The van der Waals surface area contributed by atoms with Crippen molar-refractivity contribution in [3.8, 4) is 61.3 Å². The number of anilines is 3. The molecule has 2 heteroatoms. The third-order valence-electron chi connectivity index (χ3n) is 13.0. The van der Waals surface area contributed by atoms with E-state index in [4.69, 9.17) is 0 Å². The lowest BCUT2D eigenvalue weighted by molar-refractivity contribution is 1.18. The minimum Gasteiger partial charge on any atom is -0.310 e. The van der Waals surface area contributed by atoms with Crippen LogP contribution in [0.25, 0.3) is 93.9 Å². The molecule has 0 N–H and O–H groups in total. The summed E-state index contributed by atoms with van der Waals surface area (Å²) in [5.74, 6) is 0. The van der Waals surface area contributed by atoms with Crippen LogP contribution in [0.5, 0.6) is 0 Å². The zero-order valence-electron chi connectivity index (χ0n) is 36.3. The van der Waals surface area contributed by atoms with Crippen LogP contribution in [0.4, 0.5) is 17.1 Å². The Bertz CT molecular complexity index is 3550. The van der Waals surface area contributed by atoms with Crippen molar-refractivity contribution in [2.24, 2.45) is 0 Å². The van der Waals surface area contributed by atoms with Crippen LogP contribution in [0.1, 0.15) is 0 Å². The second-order valence-electron chi connectivity index (χ2n) is 16.9. The van der Waals surface area contributed by atoms with E-state index >= 15 is 0 Å². The molecule has 0 aliphatic rings. The molecule has 12 aromatic rings. The Labute approximate surface area is 385 Å². The fraction of sp³-hybridized carbons (Fsp3) is 0. The molecule has 1 heterocycles. The summed E-state index contributed by atoms with van der Waals surface area (Å²) < 4.78 is 2.41. The molecule has 66 heavy (non-hydrogen) atoms. The highest BCUT2D eigenvalue weighted by atomic mass is 15.1. The molecule has 0 bridgehead atoms. The fourth-order valence-corrected chi connectivity index (χ4v) is 9.79. The van der Waals surface area contributed by atoms with E-state index < -0.39 is 0 Å². The van der Waals surface area contributed by atoms with Gasteiger partial charge in [0.05, 0.1) is 16.7 Å².